The van der Waals surface area contributed by atoms with E-state index in [1.165, 1.54) is 19.1 Å². The van der Waals surface area contributed by atoms with Gasteiger partial charge in [-0.1, -0.05) is 23.2 Å². The highest BCUT2D eigenvalue weighted by Gasteiger charge is 2.18. The molecular formula is C9H8Cl2O3. The molecule has 0 heterocycles. The molecule has 2 N–H and O–H groups in total. The highest BCUT2D eigenvalue weighted by Crippen LogP contribution is 2.31. The summed E-state index contributed by atoms with van der Waals surface area (Å²) in [5, 5.41) is 18.7. The van der Waals surface area contributed by atoms with Gasteiger partial charge in [-0.2, -0.15) is 0 Å². The van der Waals surface area contributed by atoms with Gasteiger partial charge in [-0.05, 0) is 19.1 Å². The van der Waals surface area contributed by atoms with E-state index in [1.807, 2.05) is 0 Å². The van der Waals surface area contributed by atoms with E-state index in [0.29, 0.717) is 0 Å². The van der Waals surface area contributed by atoms with Gasteiger partial charge in [-0.3, -0.25) is 4.79 Å². The number of aliphatic hydroxyl groups is 1. The number of aliphatic hydroxyl groups excluding tert-OH is 1. The number of phenols is 1. The lowest BCUT2D eigenvalue weighted by molar-refractivity contribution is 0.0776. The second kappa shape index (κ2) is 4.17. The van der Waals surface area contributed by atoms with Crippen LogP contribution in [-0.2, 0) is 0 Å². The molecule has 3 nitrogen and oxygen atoms in total. The fourth-order valence-corrected chi connectivity index (χ4v) is 1.47. The number of hydrogen-bond donors (Lipinski definition) is 2. The summed E-state index contributed by atoms with van der Waals surface area (Å²) in [5.74, 6) is -0.978. The molecule has 0 aliphatic rings. The maximum atomic E-state index is 11.3. The Kier molecular flexibility index (Phi) is 3.37. The molecule has 0 aromatic heterocycles. The van der Waals surface area contributed by atoms with Crippen LogP contribution in [0.4, 0.5) is 0 Å². The molecule has 0 fully saturated rings. The van der Waals surface area contributed by atoms with E-state index in [0.717, 1.165) is 0 Å². The van der Waals surface area contributed by atoms with Crippen molar-refractivity contribution in [2.24, 2.45) is 0 Å². The lowest BCUT2D eigenvalue weighted by atomic mass is 10.1. The fraction of sp³-hybridized carbons (Fsp3) is 0.222. The van der Waals surface area contributed by atoms with E-state index in [4.69, 9.17) is 28.3 Å². The van der Waals surface area contributed by atoms with Crippen LogP contribution >= 0.6 is 23.2 Å². The largest absolute Gasteiger partial charge is 0.506 e. The van der Waals surface area contributed by atoms with Crippen LogP contribution in [0.25, 0.3) is 0 Å². The van der Waals surface area contributed by atoms with Crippen molar-refractivity contribution in [2.75, 3.05) is 0 Å². The van der Waals surface area contributed by atoms with Gasteiger partial charge in [0.15, 0.2) is 5.78 Å². The smallest absolute Gasteiger partial charge is 0.194 e. The number of carbonyl (C=O) groups is 1. The first-order valence-corrected chi connectivity index (χ1v) is 4.59. The van der Waals surface area contributed by atoms with Crippen LogP contribution in [0.5, 0.6) is 5.75 Å². The first-order chi connectivity index (χ1) is 6.43. The van der Waals surface area contributed by atoms with E-state index in [-0.39, 0.29) is 21.4 Å². The zero-order valence-corrected chi connectivity index (χ0v) is 8.80. The Morgan fingerprint density at radius 2 is 2.00 bits per heavy atom. The summed E-state index contributed by atoms with van der Waals surface area (Å²) in [5.41, 5.74) is -0.0718. The molecule has 0 aliphatic carbocycles. The second-order valence-corrected chi connectivity index (χ2v) is 3.67. The van der Waals surface area contributed by atoms with Crippen molar-refractivity contribution in [3.63, 3.8) is 0 Å². The molecule has 0 aliphatic heterocycles. The second-order valence-electron chi connectivity index (χ2n) is 2.82. The summed E-state index contributed by atoms with van der Waals surface area (Å²) in [6.07, 6.45) is -1.20. The van der Waals surface area contributed by atoms with Gasteiger partial charge in [0.25, 0.3) is 0 Å². The molecule has 0 spiro atoms. The van der Waals surface area contributed by atoms with Crippen LogP contribution in [0.3, 0.4) is 0 Å². The lowest BCUT2D eigenvalue weighted by Gasteiger charge is -2.07. The third-order valence-corrected chi connectivity index (χ3v) is 2.18. The van der Waals surface area contributed by atoms with E-state index < -0.39 is 11.9 Å². The van der Waals surface area contributed by atoms with Gasteiger partial charge in [-0.25, -0.2) is 0 Å². The van der Waals surface area contributed by atoms with Crippen molar-refractivity contribution in [1.82, 2.24) is 0 Å². The zero-order valence-electron chi connectivity index (χ0n) is 7.29. The van der Waals surface area contributed by atoms with E-state index in [9.17, 15) is 9.90 Å². The minimum absolute atomic E-state index is 0.0125. The van der Waals surface area contributed by atoms with Gasteiger partial charge in [0, 0.05) is 5.02 Å². The molecular weight excluding hydrogens is 227 g/mol. The van der Waals surface area contributed by atoms with Crippen molar-refractivity contribution in [3.05, 3.63) is 27.7 Å². The van der Waals surface area contributed by atoms with Crippen molar-refractivity contribution in [2.45, 2.75) is 13.0 Å². The number of carbonyl (C=O) groups excluding carboxylic acids is 1. The minimum atomic E-state index is -1.20. The Hall–Kier alpha value is -0.770. The van der Waals surface area contributed by atoms with Crippen LogP contribution in [0, 0.1) is 0 Å². The van der Waals surface area contributed by atoms with E-state index in [1.54, 1.807) is 0 Å². The summed E-state index contributed by atoms with van der Waals surface area (Å²) in [4.78, 5) is 11.3. The molecule has 76 valence electrons. The Balaban J connectivity index is 3.27. The van der Waals surface area contributed by atoms with Crippen LogP contribution in [0.2, 0.25) is 10.0 Å². The zero-order chi connectivity index (χ0) is 10.9. The summed E-state index contributed by atoms with van der Waals surface area (Å²) < 4.78 is 0. The molecule has 0 radical (unpaired) electrons. The number of aromatic hydroxyl groups is 1. The van der Waals surface area contributed by atoms with Crippen LogP contribution in [0.1, 0.15) is 17.3 Å². The standard InChI is InChI=1S/C9H8Cl2O3/c1-4(12)8(13)6-2-5(10)3-7(11)9(6)14/h2-4,12,14H,1H3. The first-order valence-electron chi connectivity index (χ1n) is 3.83. The fourth-order valence-electron chi connectivity index (χ4n) is 0.979. The van der Waals surface area contributed by atoms with Crippen LogP contribution in [0.15, 0.2) is 12.1 Å². The van der Waals surface area contributed by atoms with E-state index in [2.05, 4.69) is 0 Å². The van der Waals surface area contributed by atoms with Crippen LogP contribution < -0.4 is 0 Å². The van der Waals surface area contributed by atoms with Gasteiger partial charge in [0.1, 0.15) is 11.9 Å². The molecule has 0 amide bonds. The molecule has 0 saturated heterocycles. The lowest BCUT2D eigenvalue weighted by Crippen LogP contribution is -2.16. The van der Waals surface area contributed by atoms with Gasteiger partial charge >= 0.3 is 0 Å². The number of phenolic OH excluding ortho intramolecular Hbond substituents is 1. The maximum Gasteiger partial charge on any atom is 0.194 e. The molecule has 1 rings (SSSR count). The van der Waals surface area contributed by atoms with Gasteiger partial charge in [0.2, 0.25) is 0 Å². The highest BCUT2D eigenvalue weighted by molar-refractivity contribution is 6.36. The van der Waals surface area contributed by atoms with Gasteiger partial charge in [-0.15, -0.1) is 0 Å². The SMILES string of the molecule is CC(O)C(=O)c1cc(Cl)cc(Cl)c1O. The van der Waals surface area contributed by atoms with Crippen molar-refractivity contribution in [3.8, 4) is 5.75 Å². The molecule has 1 aromatic rings. The number of Topliss-reactive ketones (excluding diaryl/α,β-unsaturated/α-hetero) is 1. The van der Waals surface area contributed by atoms with Gasteiger partial charge in [0.05, 0.1) is 10.6 Å². The Bertz CT molecular complexity index is 375. The highest BCUT2D eigenvalue weighted by atomic mass is 35.5. The summed E-state index contributed by atoms with van der Waals surface area (Å²) in [7, 11) is 0. The van der Waals surface area contributed by atoms with Crippen molar-refractivity contribution < 1.29 is 15.0 Å². The van der Waals surface area contributed by atoms with Crippen molar-refractivity contribution in [1.29, 1.82) is 0 Å². The minimum Gasteiger partial charge on any atom is -0.506 e. The number of ketones is 1. The quantitative estimate of drug-likeness (QED) is 0.773. The van der Waals surface area contributed by atoms with Crippen molar-refractivity contribution >= 4 is 29.0 Å². The number of halogens is 2. The predicted molar refractivity (Wildman–Crippen MR) is 54.1 cm³/mol. The van der Waals surface area contributed by atoms with E-state index >= 15 is 0 Å². The average molecular weight is 235 g/mol. The third kappa shape index (κ3) is 2.18. The molecule has 14 heavy (non-hydrogen) atoms. The number of benzene rings is 1. The molecule has 1 unspecified atom stereocenters. The summed E-state index contributed by atoms with van der Waals surface area (Å²) in [6.45, 7) is 1.30. The molecule has 1 atom stereocenters. The Labute approximate surface area is 90.9 Å². The van der Waals surface area contributed by atoms with Gasteiger partial charge < -0.3 is 10.2 Å². The average Bonchev–Trinajstić information content (AvgIpc) is 2.09. The normalized spacial score (nSPS) is 12.6. The Morgan fingerprint density at radius 3 is 2.50 bits per heavy atom. The molecule has 0 saturated carbocycles. The summed E-state index contributed by atoms with van der Waals surface area (Å²) in [6, 6.07) is 2.58. The maximum absolute atomic E-state index is 11.3. The summed E-state index contributed by atoms with van der Waals surface area (Å²) >= 11 is 11.2. The molecule has 0 bridgehead atoms. The molecule has 1 aromatic carbocycles. The predicted octanol–water partition coefficient (Wildman–Crippen LogP) is 2.26. The third-order valence-electron chi connectivity index (χ3n) is 1.67. The first kappa shape index (κ1) is 11.3. The monoisotopic (exact) mass is 234 g/mol. The molecule has 5 heteroatoms. The number of rotatable bonds is 2. The van der Waals surface area contributed by atoms with Crippen LogP contribution in [-0.4, -0.2) is 22.1 Å². The Morgan fingerprint density at radius 1 is 1.43 bits per heavy atom. The number of hydrogen-bond acceptors (Lipinski definition) is 3. The topological polar surface area (TPSA) is 57.5 Å².